The van der Waals surface area contributed by atoms with Crippen molar-refractivity contribution in [2.75, 3.05) is 13.2 Å². The third-order valence-electron chi connectivity index (χ3n) is 2.93. The molecule has 2 atom stereocenters. The summed E-state index contributed by atoms with van der Waals surface area (Å²) in [5, 5.41) is 3.06. The maximum atomic E-state index is 11.9. The fourth-order valence-electron chi connectivity index (χ4n) is 1.87. The molecule has 2 heterocycles. The number of amides is 1. The number of hydrogen-bond donors (Lipinski definition) is 1. The highest BCUT2D eigenvalue weighted by Gasteiger charge is 2.20. The summed E-state index contributed by atoms with van der Waals surface area (Å²) in [4.78, 5) is 15.7. The van der Waals surface area contributed by atoms with Gasteiger partial charge in [-0.15, -0.1) is 0 Å². The van der Waals surface area contributed by atoms with Crippen LogP contribution < -0.4 is 10.1 Å². The zero-order chi connectivity index (χ0) is 13.7. The fraction of sp³-hybridized carbons (Fsp3) is 0.538. The van der Waals surface area contributed by atoms with Crippen LogP contribution in [-0.2, 0) is 9.53 Å². The van der Waals surface area contributed by atoms with E-state index in [0.29, 0.717) is 12.3 Å². The molecule has 1 aromatic rings. The van der Waals surface area contributed by atoms with Crippen LogP contribution in [0.1, 0.15) is 19.8 Å². The van der Waals surface area contributed by atoms with Gasteiger partial charge in [0.1, 0.15) is 0 Å². The highest BCUT2D eigenvalue weighted by Crippen LogP contribution is 2.21. The van der Waals surface area contributed by atoms with E-state index in [9.17, 15) is 4.79 Å². The average Bonchev–Trinajstić information content (AvgIpc) is 2.91. The van der Waals surface area contributed by atoms with Crippen LogP contribution >= 0.6 is 11.6 Å². The van der Waals surface area contributed by atoms with Crippen LogP contribution in [0.4, 0.5) is 0 Å². The molecule has 5 nitrogen and oxygen atoms in total. The first-order valence-electron chi connectivity index (χ1n) is 6.33. The number of nitrogens with one attached hydrogen (secondary N) is 1. The number of halogens is 1. The normalized spacial score (nSPS) is 20.0. The Balaban J connectivity index is 1.80. The molecule has 1 aliphatic heterocycles. The molecular weight excluding hydrogens is 268 g/mol. The van der Waals surface area contributed by atoms with Gasteiger partial charge in [0.2, 0.25) is 0 Å². The predicted octanol–water partition coefficient (Wildman–Crippen LogP) is 1.80. The zero-order valence-electron chi connectivity index (χ0n) is 10.8. The Labute approximate surface area is 117 Å². The van der Waals surface area contributed by atoms with E-state index < -0.39 is 6.10 Å². The molecule has 0 saturated carbocycles. The van der Waals surface area contributed by atoms with E-state index in [1.54, 1.807) is 25.3 Å². The summed E-state index contributed by atoms with van der Waals surface area (Å²) in [6.45, 7) is 2.97. The summed E-state index contributed by atoms with van der Waals surface area (Å²) < 4.78 is 10.9. The summed E-state index contributed by atoms with van der Waals surface area (Å²) in [6.07, 6.45) is 3.11. The van der Waals surface area contributed by atoms with Crippen molar-refractivity contribution < 1.29 is 14.3 Å². The summed E-state index contributed by atoms with van der Waals surface area (Å²) in [6, 6.07) is 3.39. The number of nitrogens with zero attached hydrogens (tertiary/aromatic N) is 1. The van der Waals surface area contributed by atoms with Gasteiger partial charge in [-0.05, 0) is 31.9 Å². The van der Waals surface area contributed by atoms with E-state index in [2.05, 4.69) is 10.3 Å². The van der Waals surface area contributed by atoms with Crippen molar-refractivity contribution in [1.29, 1.82) is 0 Å². The molecular formula is C13H17ClN2O3. The second-order valence-corrected chi connectivity index (χ2v) is 4.79. The number of carbonyl (C=O) groups is 1. The van der Waals surface area contributed by atoms with Crippen LogP contribution in [0.15, 0.2) is 18.3 Å². The molecule has 0 bridgehead atoms. The molecule has 1 aromatic heterocycles. The minimum absolute atomic E-state index is 0.123. The molecule has 104 valence electrons. The van der Waals surface area contributed by atoms with Crippen molar-refractivity contribution in [3.05, 3.63) is 23.5 Å². The maximum Gasteiger partial charge on any atom is 0.260 e. The number of pyridine rings is 1. The topological polar surface area (TPSA) is 60.5 Å². The lowest BCUT2D eigenvalue weighted by atomic mass is 10.2. The fourth-order valence-corrected chi connectivity index (χ4v) is 2.03. The monoisotopic (exact) mass is 284 g/mol. The second kappa shape index (κ2) is 6.73. The predicted molar refractivity (Wildman–Crippen MR) is 71.3 cm³/mol. The highest BCUT2D eigenvalue weighted by molar-refractivity contribution is 6.30. The molecule has 2 rings (SSSR count). The van der Waals surface area contributed by atoms with Crippen LogP contribution in [0.3, 0.4) is 0 Å². The Bertz CT molecular complexity index is 436. The van der Waals surface area contributed by atoms with Crippen molar-refractivity contribution in [2.24, 2.45) is 0 Å². The molecule has 19 heavy (non-hydrogen) atoms. The minimum Gasteiger partial charge on any atom is -0.478 e. The summed E-state index contributed by atoms with van der Waals surface area (Å²) in [5.74, 6) is 0.222. The van der Waals surface area contributed by atoms with E-state index in [4.69, 9.17) is 21.1 Å². The number of carbonyl (C=O) groups excluding carboxylic acids is 1. The molecule has 1 N–H and O–H groups in total. The van der Waals surface area contributed by atoms with Gasteiger partial charge in [-0.1, -0.05) is 11.6 Å². The van der Waals surface area contributed by atoms with Gasteiger partial charge in [0.25, 0.3) is 5.91 Å². The van der Waals surface area contributed by atoms with Crippen molar-refractivity contribution in [3.8, 4) is 5.75 Å². The summed E-state index contributed by atoms with van der Waals surface area (Å²) in [7, 11) is 0. The van der Waals surface area contributed by atoms with E-state index in [-0.39, 0.29) is 17.2 Å². The zero-order valence-corrected chi connectivity index (χ0v) is 11.5. The molecule has 1 fully saturated rings. The molecule has 1 saturated heterocycles. The second-order valence-electron chi connectivity index (χ2n) is 4.43. The Morgan fingerprint density at radius 3 is 3.26 bits per heavy atom. The minimum atomic E-state index is -0.622. The van der Waals surface area contributed by atoms with Crippen molar-refractivity contribution >= 4 is 17.5 Å². The van der Waals surface area contributed by atoms with Gasteiger partial charge >= 0.3 is 0 Å². The third kappa shape index (κ3) is 4.08. The maximum absolute atomic E-state index is 11.9. The van der Waals surface area contributed by atoms with E-state index in [1.807, 2.05) is 0 Å². The van der Waals surface area contributed by atoms with E-state index >= 15 is 0 Å². The van der Waals surface area contributed by atoms with Crippen molar-refractivity contribution in [3.63, 3.8) is 0 Å². The molecule has 0 aliphatic carbocycles. The van der Waals surface area contributed by atoms with Crippen molar-refractivity contribution in [1.82, 2.24) is 10.3 Å². The van der Waals surface area contributed by atoms with Gasteiger partial charge in [0.05, 0.1) is 6.10 Å². The number of rotatable bonds is 5. The van der Waals surface area contributed by atoms with Crippen LogP contribution in [0.5, 0.6) is 5.75 Å². The number of hydrogen-bond acceptors (Lipinski definition) is 4. The highest BCUT2D eigenvalue weighted by atomic mass is 35.5. The van der Waals surface area contributed by atoms with Gasteiger partial charge < -0.3 is 14.8 Å². The molecule has 2 unspecified atom stereocenters. The first-order chi connectivity index (χ1) is 9.16. The van der Waals surface area contributed by atoms with Gasteiger partial charge in [-0.3, -0.25) is 4.79 Å². The standard InChI is InChI=1S/C13H17ClN2O3/c1-9(19-11-5-2-6-15-12(11)14)13(17)16-8-10-4-3-7-18-10/h2,5-6,9-10H,3-4,7-8H2,1H3,(H,16,17). The lowest BCUT2D eigenvalue weighted by molar-refractivity contribution is -0.127. The van der Waals surface area contributed by atoms with Gasteiger partial charge in [0.15, 0.2) is 17.0 Å². The van der Waals surface area contributed by atoms with Crippen LogP contribution in [-0.4, -0.2) is 36.3 Å². The Morgan fingerprint density at radius 1 is 1.74 bits per heavy atom. The van der Waals surface area contributed by atoms with Gasteiger partial charge in [-0.2, -0.15) is 0 Å². The summed E-state index contributed by atoms with van der Waals surface area (Å²) >= 11 is 5.87. The lowest BCUT2D eigenvalue weighted by Crippen LogP contribution is -2.40. The van der Waals surface area contributed by atoms with Crippen LogP contribution in [0, 0.1) is 0 Å². The van der Waals surface area contributed by atoms with Gasteiger partial charge in [0, 0.05) is 19.3 Å². The SMILES string of the molecule is CC(Oc1cccnc1Cl)C(=O)NCC1CCCO1. The average molecular weight is 285 g/mol. The molecule has 6 heteroatoms. The molecule has 0 radical (unpaired) electrons. The van der Waals surface area contributed by atoms with Crippen LogP contribution in [0.25, 0.3) is 0 Å². The lowest BCUT2D eigenvalue weighted by Gasteiger charge is -2.16. The van der Waals surface area contributed by atoms with Gasteiger partial charge in [-0.25, -0.2) is 4.98 Å². The molecule has 0 aromatic carbocycles. The van der Waals surface area contributed by atoms with E-state index in [0.717, 1.165) is 19.4 Å². The number of ether oxygens (including phenoxy) is 2. The third-order valence-corrected chi connectivity index (χ3v) is 3.21. The van der Waals surface area contributed by atoms with E-state index in [1.165, 1.54) is 0 Å². The van der Waals surface area contributed by atoms with Crippen LogP contribution in [0.2, 0.25) is 5.15 Å². The summed E-state index contributed by atoms with van der Waals surface area (Å²) in [5.41, 5.74) is 0. The van der Waals surface area contributed by atoms with Crippen molar-refractivity contribution in [2.45, 2.75) is 32.0 Å². The molecule has 0 spiro atoms. The molecule has 1 aliphatic rings. The first-order valence-corrected chi connectivity index (χ1v) is 6.71. The first kappa shape index (κ1) is 14.1. The smallest absolute Gasteiger partial charge is 0.260 e. The Kier molecular flexibility index (Phi) is 4.99. The Morgan fingerprint density at radius 2 is 2.58 bits per heavy atom. The number of aromatic nitrogens is 1. The Hall–Kier alpha value is -1.33. The largest absolute Gasteiger partial charge is 0.478 e. The quantitative estimate of drug-likeness (QED) is 0.838. The molecule has 1 amide bonds.